The third-order valence-electron chi connectivity index (χ3n) is 2.68. The molecule has 1 N–H and O–H groups in total. The zero-order valence-corrected chi connectivity index (χ0v) is 9.21. The molecule has 13 heavy (non-hydrogen) atoms. The maximum Gasteiger partial charge on any atom is 0.140 e. The highest BCUT2D eigenvalue weighted by molar-refractivity contribution is 14.1. The van der Waals surface area contributed by atoms with Crippen LogP contribution in [-0.2, 0) is 5.41 Å². The molecule has 0 unspecified atom stereocenters. The molecule has 1 saturated carbocycles. The van der Waals surface area contributed by atoms with Gasteiger partial charge >= 0.3 is 0 Å². The number of rotatable bonds is 2. The maximum atomic E-state index is 13.6. The molecular formula is C10H10FIO. The highest BCUT2D eigenvalue weighted by atomic mass is 127. The lowest BCUT2D eigenvalue weighted by molar-refractivity contribution is 0.252. The van der Waals surface area contributed by atoms with Crippen LogP contribution in [0.4, 0.5) is 4.39 Å². The van der Waals surface area contributed by atoms with Crippen LogP contribution in [0.1, 0.15) is 18.4 Å². The Morgan fingerprint density at radius 2 is 2.15 bits per heavy atom. The second-order valence-corrected chi connectivity index (χ2v) is 4.70. The molecule has 1 aromatic rings. The van der Waals surface area contributed by atoms with Crippen LogP contribution < -0.4 is 0 Å². The van der Waals surface area contributed by atoms with Crippen molar-refractivity contribution < 1.29 is 9.50 Å². The van der Waals surface area contributed by atoms with Crippen molar-refractivity contribution >= 4 is 22.6 Å². The van der Waals surface area contributed by atoms with E-state index < -0.39 is 0 Å². The Kier molecular flexibility index (Phi) is 2.32. The fourth-order valence-corrected chi connectivity index (χ4v) is 2.08. The molecule has 0 aliphatic heterocycles. The predicted octanol–water partition coefficient (Wildman–Crippen LogP) is 2.45. The molecule has 0 radical (unpaired) electrons. The Morgan fingerprint density at radius 1 is 1.46 bits per heavy atom. The van der Waals surface area contributed by atoms with Gasteiger partial charge in [0.2, 0.25) is 0 Å². The fourth-order valence-electron chi connectivity index (χ4n) is 1.58. The molecular weight excluding hydrogens is 282 g/mol. The van der Waals surface area contributed by atoms with Crippen molar-refractivity contribution in [2.24, 2.45) is 0 Å². The van der Waals surface area contributed by atoms with Crippen LogP contribution in [0.25, 0.3) is 0 Å². The average molecular weight is 292 g/mol. The van der Waals surface area contributed by atoms with Gasteiger partial charge in [-0.2, -0.15) is 0 Å². The Balaban J connectivity index is 2.46. The van der Waals surface area contributed by atoms with Crippen LogP contribution in [0.3, 0.4) is 0 Å². The first-order chi connectivity index (χ1) is 6.19. The SMILES string of the molecule is OCC1(c2cccc(I)c2F)CC1. The van der Waals surface area contributed by atoms with Gasteiger partial charge < -0.3 is 5.11 Å². The van der Waals surface area contributed by atoms with Gasteiger partial charge in [0.15, 0.2) is 0 Å². The van der Waals surface area contributed by atoms with Crippen LogP contribution >= 0.6 is 22.6 Å². The van der Waals surface area contributed by atoms with Crippen molar-refractivity contribution in [1.82, 2.24) is 0 Å². The quantitative estimate of drug-likeness (QED) is 0.830. The molecule has 0 saturated heterocycles. The van der Waals surface area contributed by atoms with Crippen LogP contribution in [0.2, 0.25) is 0 Å². The third kappa shape index (κ3) is 1.48. The lowest BCUT2D eigenvalue weighted by Crippen LogP contribution is -2.14. The Labute approximate surface area is 90.1 Å². The molecule has 1 fully saturated rings. The molecule has 0 amide bonds. The molecule has 1 aliphatic carbocycles. The molecule has 0 aromatic heterocycles. The summed E-state index contributed by atoms with van der Waals surface area (Å²) < 4.78 is 14.2. The number of hydrogen-bond acceptors (Lipinski definition) is 1. The smallest absolute Gasteiger partial charge is 0.140 e. The van der Waals surface area contributed by atoms with E-state index in [9.17, 15) is 4.39 Å². The Bertz CT molecular complexity index is 334. The zero-order chi connectivity index (χ0) is 9.47. The minimum atomic E-state index is -0.259. The van der Waals surface area contributed by atoms with Gasteiger partial charge in [-0.1, -0.05) is 12.1 Å². The van der Waals surface area contributed by atoms with E-state index in [4.69, 9.17) is 5.11 Å². The summed E-state index contributed by atoms with van der Waals surface area (Å²) in [6.45, 7) is 0.0595. The molecule has 1 aliphatic rings. The van der Waals surface area contributed by atoms with E-state index in [0.29, 0.717) is 9.13 Å². The van der Waals surface area contributed by atoms with Crippen molar-refractivity contribution in [3.63, 3.8) is 0 Å². The van der Waals surface area contributed by atoms with Gasteiger partial charge in [-0.3, -0.25) is 0 Å². The van der Waals surface area contributed by atoms with E-state index in [0.717, 1.165) is 12.8 Å². The first-order valence-corrected chi connectivity index (χ1v) is 5.33. The van der Waals surface area contributed by atoms with Gasteiger partial charge in [-0.25, -0.2) is 4.39 Å². The number of aliphatic hydroxyl groups excluding tert-OH is 1. The lowest BCUT2D eigenvalue weighted by Gasteiger charge is -2.13. The number of aliphatic hydroxyl groups is 1. The van der Waals surface area contributed by atoms with Crippen molar-refractivity contribution in [3.8, 4) is 0 Å². The summed E-state index contributed by atoms with van der Waals surface area (Å²) in [7, 11) is 0. The van der Waals surface area contributed by atoms with E-state index in [1.54, 1.807) is 12.1 Å². The summed E-state index contributed by atoms with van der Waals surface area (Å²) in [5, 5.41) is 9.16. The Hall–Kier alpha value is -0.160. The third-order valence-corrected chi connectivity index (χ3v) is 3.51. The van der Waals surface area contributed by atoms with Crippen molar-refractivity contribution in [3.05, 3.63) is 33.1 Å². The molecule has 1 nitrogen and oxygen atoms in total. The van der Waals surface area contributed by atoms with Crippen LogP contribution in [-0.4, -0.2) is 11.7 Å². The van der Waals surface area contributed by atoms with Crippen molar-refractivity contribution in [1.29, 1.82) is 0 Å². The monoisotopic (exact) mass is 292 g/mol. The summed E-state index contributed by atoms with van der Waals surface area (Å²) >= 11 is 1.98. The van der Waals surface area contributed by atoms with Gasteiger partial charge in [-0.15, -0.1) is 0 Å². The van der Waals surface area contributed by atoms with E-state index >= 15 is 0 Å². The lowest BCUT2D eigenvalue weighted by atomic mass is 9.97. The van der Waals surface area contributed by atoms with E-state index in [2.05, 4.69) is 0 Å². The van der Waals surface area contributed by atoms with Crippen LogP contribution in [0.5, 0.6) is 0 Å². The highest BCUT2D eigenvalue weighted by Crippen LogP contribution is 2.48. The fraction of sp³-hybridized carbons (Fsp3) is 0.400. The average Bonchev–Trinajstić information content (AvgIpc) is 2.90. The van der Waals surface area contributed by atoms with E-state index in [1.807, 2.05) is 28.7 Å². The first kappa shape index (κ1) is 9.40. The van der Waals surface area contributed by atoms with Crippen LogP contribution in [0.15, 0.2) is 18.2 Å². The molecule has 70 valence electrons. The topological polar surface area (TPSA) is 20.2 Å². The zero-order valence-electron chi connectivity index (χ0n) is 7.06. The number of benzene rings is 1. The summed E-state index contributed by atoms with van der Waals surface area (Å²) in [5.41, 5.74) is 0.424. The Morgan fingerprint density at radius 3 is 2.69 bits per heavy atom. The molecule has 0 atom stereocenters. The molecule has 1 aromatic carbocycles. The van der Waals surface area contributed by atoms with Gasteiger partial charge in [0.1, 0.15) is 5.82 Å². The largest absolute Gasteiger partial charge is 0.395 e. The van der Waals surface area contributed by atoms with Crippen LogP contribution in [0, 0.1) is 9.39 Å². The van der Waals surface area contributed by atoms with Crippen molar-refractivity contribution in [2.45, 2.75) is 18.3 Å². The maximum absolute atomic E-state index is 13.6. The standard InChI is InChI=1S/C10H10FIO/c11-9-7(2-1-3-8(9)12)10(6-13)4-5-10/h1-3,13H,4-6H2. The minimum absolute atomic E-state index is 0.0595. The molecule has 0 bridgehead atoms. The summed E-state index contributed by atoms with van der Waals surface area (Å²) in [6.07, 6.45) is 1.81. The first-order valence-electron chi connectivity index (χ1n) is 4.25. The van der Waals surface area contributed by atoms with Gasteiger partial charge in [0.25, 0.3) is 0 Å². The molecule has 0 spiro atoms. The van der Waals surface area contributed by atoms with Gasteiger partial charge in [0, 0.05) is 8.99 Å². The second kappa shape index (κ2) is 3.20. The highest BCUT2D eigenvalue weighted by Gasteiger charge is 2.45. The van der Waals surface area contributed by atoms with Crippen molar-refractivity contribution in [2.75, 3.05) is 6.61 Å². The number of halogens is 2. The predicted molar refractivity (Wildman–Crippen MR) is 57.1 cm³/mol. The van der Waals surface area contributed by atoms with E-state index in [1.165, 1.54) is 0 Å². The molecule has 0 heterocycles. The number of hydrogen-bond donors (Lipinski definition) is 1. The van der Waals surface area contributed by atoms with E-state index in [-0.39, 0.29) is 17.8 Å². The van der Waals surface area contributed by atoms with Gasteiger partial charge in [-0.05, 0) is 47.1 Å². The normalized spacial score (nSPS) is 18.7. The molecule has 2 rings (SSSR count). The van der Waals surface area contributed by atoms with Gasteiger partial charge in [0.05, 0.1) is 6.61 Å². The summed E-state index contributed by atoms with van der Waals surface area (Å²) in [5.74, 6) is -0.158. The summed E-state index contributed by atoms with van der Waals surface area (Å²) in [6, 6.07) is 5.36. The summed E-state index contributed by atoms with van der Waals surface area (Å²) in [4.78, 5) is 0. The molecule has 3 heteroatoms. The second-order valence-electron chi connectivity index (χ2n) is 3.54. The minimum Gasteiger partial charge on any atom is -0.395 e.